The van der Waals surface area contributed by atoms with Crippen molar-refractivity contribution in [2.45, 2.75) is 13.8 Å². The predicted octanol–water partition coefficient (Wildman–Crippen LogP) is 2.41. The highest BCUT2D eigenvalue weighted by atomic mass is 31.1. The standard InChI is InChI=1S/C6H11P/c1-5(2)6-4-7(6)3/h4H2,1-3H3. The van der Waals surface area contributed by atoms with Crippen molar-refractivity contribution in [1.82, 2.24) is 0 Å². The fourth-order valence-electron chi connectivity index (χ4n) is 0.729. The van der Waals surface area contributed by atoms with Crippen LogP contribution >= 0.6 is 7.92 Å². The molecule has 40 valence electrons. The smallest absolute Gasteiger partial charge is 0.00344 e. The molecule has 1 heterocycles. The fourth-order valence-corrected chi connectivity index (χ4v) is 2.61. The molecule has 0 aliphatic carbocycles. The van der Waals surface area contributed by atoms with E-state index >= 15 is 0 Å². The SMILES string of the molecule is CC(C)=C1CP1C. The van der Waals surface area contributed by atoms with Gasteiger partial charge in [-0.15, -0.1) is 0 Å². The van der Waals surface area contributed by atoms with E-state index in [9.17, 15) is 0 Å². The summed E-state index contributed by atoms with van der Waals surface area (Å²) in [6, 6.07) is 0. The quantitative estimate of drug-likeness (QED) is 0.424. The summed E-state index contributed by atoms with van der Waals surface area (Å²) in [6.45, 7) is 6.76. The molecule has 0 aromatic heterocycles. The van der Waals surface area contributed by atoms with Gasteiger partial charge in [-0.05, 0) is 32.0 Å². The average Bonchev–Trinajstić information content (AvgIpc) is 2.17. The Morgan fingerprint density at radius 1 is 1.57 bits per heavy atom. The summed E-state index contributed by atoms with van der Waals surface area (Å²) in [6.07, 6.45) is 1.43. The van der Waals surface area contributed by atoms with Gasteiger partial charge in [0.2, 0.25) is 0 Å². The molecule has 0 aromatic rings. The number of allylic oxidation sites excluding steroid dienone is 2. The Bertz CT molecular complexity index is 109. The predicted molar refractivity (Wildman–Crippen MR) is 36.1 cm³/mol. The highest BCUT2D eigenvalue weighted by molar-refractivity contribution is 7.70. The molecular weight excluding hydrogens is 103 g/mol. The van der Waals surface area contributed by atoms with Crippen LogP contribution in [-0.4, -0.2) is 12.8 Å². The van der Waals surface area contributed by atoms with E-state index in [-0.39, 0.29) is 0 Å². The first-order chi connectivity index (χ1) is 3.22. The highest BCUT2D eigenvalue weighted by Crippen LogP contribution is 2.61. The molecule has 7 heavy (non-hydrogen) atoms. The second-order valence-corrected chi connectivity index (χ2v) is 4.55. The van der Waals surface area contributed by atoms with Crippen LogP contribution in [-0.2, 0) is 0 Å². The van der Waals surface area contributed by atoms with Crippen LogP contribution in [0.25, 0.3) is 0 Å². The van der Waals surface area contributed by atoms with Gasteiger partial charge in [-0.1, -0.05) is 13.5 Å². The molecule has 0 spiro atoms. The minimum atomic E-state index is 0.406. The van der Waals surface area contributed by atoms with E-state index in [0.29, 0.717) is 7.92 Å². The molecule has 1 atom stereocenters. The molecule has 0 saturated carbocycles. The molecule has 0 radical (unpaired) electrons. The van der Waals surface area contributed by atoms with Crippen LogP contribution in [0.4, 0.5) is 0 Å². The maximum Gasteiger partial charge on any atom is -0.00344 e. The monoisotopic (exact) mass is 114 g/mol. The van der Waals surface area contributed by atoms with Crippen molar-refractivity contribution in [1.29, 1.82) is 0 Å². The lowest BCUT2D eigenvalue weighted by Crippen LogP contribution is -1.56. The van der Waals surface area contributed by atoms with Crippen LogP contribution in [0.3, 0.4) is 0 Å². The Hall–Kier alpha value is 0.170. The molecule has 0 bridgehead atoms. The van der Waals surface area contributed by atoms with Gasteiger partial charge in [0.1, 0.15) is 0 Å². The molecule has 1 saturated heterocycles. The van der Waals surface area contributed by atoms with Gasteiger partial charge in [-0.2, -0.15) is 0 Å². The molecular formula is C6H11P. The van der Waals surface area contributed by atoms with Crippen molar-refractivity contribution < 1.29 is 0 Å². The van der Waals surface area contributed by atoms with Crippen LogP contribution in [0.2, 0.25) is 0 Å². The van der Waals surface area contributed by atoms with Gasteiger partial charge in [0, 0.05) is 0 Å². The second-order valence-electron chi connectivity index (χ2n) is 2.30. The summed E-state index contributed by atoms with van der Waals surface area (Å²) in [5, 5.41) is 1.75. The van der Waals surface area contributed by atoms with Crippen LogP contribution < -0.4 is 0 Å². The van der Waals surface area contributed by atoms with Crippen LogP contribution in [0.5, 0.6) is 0 Å². The maximum atomic E-state index is 2.34. The zero-order valence-corrected chi connectivity index (χ0v) is 6.05. The zero-order chi connectivity index (χ0) is 5.44. The van der Waals surface area contributed by atoms with Crippen molar-refractivity contribution in [3.05, 3.63) is 10.9 Å². The van der Waals surface area contributed by atoms with Crippen LogP contribution in [0, 0.1) is 0 Å². The largest absolute Gasteiger partial charge is 0.0781 e. The van der Waals surface area contributed by atoms with Gasteiger partial charge in [0.05, 0.1) is 0 Å². The molecule has 0 aromatic carbocycles. The minimum absolute atomic E-state index is 0.406. The minimum Gasteiger partial charge on any atom is -0.0781 e. The Morgan fingerprint density at radius 2 is 2.00 bits per heavy atom. The lowest BCUT2D eigenvalue weighted by molar-refractivity contribution is 1.38. The first-order valence-corrected chi connectivity index (χ1v) is 4.56. The van der Waals surface area contributed by atoms with Gasteiger partial charge in [-0.25, -0.2) is 0 Å². The zero-order valence-electron chi connectivity index (χ0n) is 5.15. The van der Waals surface area contributed by atoms with Crippen molar-refractivity contribution in [3.63, 3.8) is 0 Å². The summed E-state index contributed by atoms with van der Waals surface area (Å²) < 4.78 is 0. The molecule has 1 heteroatoms. The molecule has 0 amide bonds. The van der Waals surface area contributed by atoms with Gasteiger partial charge in [-0.3, -0.25) is 0 Å². The van der Waals surface area contributed by atoms with E-state index < -0.39 is 0 Å². The van der Waals surface area contributed by atoms with Crippen LogP contribution in [0.1, 0.15) is 13.8 Å². The average molecular weight is 114 g/mol. The fraction of sp³-hybridized carbons (Fsp3) is 0.667. The van der Waals surface area contributed by atoms with E-state index in [1.165, 1.54) is 6.16 Å². The van der Waals surface area contributed by atoms with Crippen molar-refractivity contribution in [2.24, 2.45) is 0 Å². The molecule has 1 fully saturated rings. The Balaban J connectivity index is 2.60. The molecule has 0 N–H and O–H groups in total. The van der Waals surface area contributed by atoms with Gasteiger partial charge < -0.3 is 0 Å². The Morgan fingerprint density at radius 3 is 2.00 bits per heavy atom. The Labute approximate surface area is 46.4 Å². The van der Waals surface area contributed by atoms with Gasteiger partial charge in [0.15, 0.2) is 0 Å². The third kappa shape index (κ3) is 1.04. The maximum absolute atomic E-state index is 2.34. The van der Waals surface area contributed by atoms with E-state index in [4.69, 9.17) is 0 Å². The van der Waals surface area contributed by atoms with Crippen molar-refractivity contribution in [3.8, 4) is 0 Å². The molecule has 1 aliphatic heterocycles. The van der Waals surface area contributed by atoms with E-state index in [1.54, 1.807) is 10.9 Å². The summed E-state index contributed by atoms with van der Waals surface area (Å²) in [5.74, 6) is 0. The molecule has 0 nitrogen and oxygen atoms in total. The summed E-state index contributed by atoms with van der Waals surface area (Å²) in [7, 11) is 0.406. The normalized spacial score (nSPS) is 27.9. The van der Waals surface area contributed by atoms with Gasteiger partial charge in [0.25, 0.3) is 0 Å². The van der Waals surface area contributed by atoms with Crippen LogP contribution in [0.15, 0.2) is 10.9 Å². The summed E-state index contributed by atoms with van der Waals surface area (Å²) in [5.41, 5.74) is 1.56. The second kappa shape index (κ2) is 1.59. The Kier molecular flexibility index (Phi) is 1.21. The lowest BCUT2D eigenvalue weighted by atomic mass is 10.3. The topological polar surface area (TPSA) is 0 Å². The van der Waals surface area contributed by atoms with Crippen molar-refractivity contribution >= 4 is 7.92 Å². The molecule has 1 aliphatic rings. The molecule has 1 unspecified atom stereocenters. The highest BCUT2D eigenvalue weighted by Gasteiger charge is 2.23. The first-order valence-electron chi connectivity index (χ1n) is 2.59. The van der Waals surface area contributed by atoms with Gasteiger partial charge >= 0.3 is 0 Å². The number of rotatable bonds is 0. The third-order valence-electron chi connectivity index (χ3n) is 1.32. The van der Waals surface area contributed by atoms with E-state index in [2.05, 4.69) is 20.5 Å². The van der Waals surface area contributed by atoms with Crippen molar-refractivity contribution in [2.75, 3.05) is 12.8 Å². The summed E-state index contributed by atoms with van der Waals surface area (Å²) >= 11 is 0. The first kappa shape index (κ1) is 5.31. The third-order valence-corrected chi connectivity index (χ3v) is 3.26. The lowest BCUT2D eigenvalue weighted by Gasteiger charge is -1.79. The summed E-state index contributed by atoms with van der Waals surface area (Å²) in [4.78, 5) is 0. The number of hydrogen-bond acceptors (Lipinski definition) is 0. The molecule has 1 rings (SSSR count). The van der Waals surface area contributed by atoms with E-state index in [1.807, 2.05) is 0 Å². The number of hydrogen-bond donors (Lipinski definition) is 0. The van der Waals surface area contributed by atoms with E-state index in [0.717, 1.165) is 0 Å².